The first-order valence-electron chi connectivity index (χ1n) is 12.6. The number of allylic oxidation sites excluding steroid dienone is 1. The molecule has 0 aliphatic heterocycles. The Kier molecular flexibility index (Phi) is 8.08. The third-order valence-corrected chi connectivity index (χ3v) is 8.32. The highest BCUT2D eigenvalue weighted by atomic mass is 32.2. The third kappa shape index (κ3) is 5.77. The van der Waals surface area contributed by atoms with Crippen LogP contribution < -0.4 is 0 Å². The van der Waals surface area contributed by atoms with Crippen LogP contribution in [0.5, 0.6) is 0 Å². The predicted octanol–water partition coefficient (Wildman–Crippen LogP) is 7.19. The van der Waals surface area contributed by atoms with Crippen molar-refractivity contribution in [3.8, 4) is 11.1 Å². The fourth-order valence-electron chi connectivity index (χ4n) is 6.05. The summed E-state index contributed by atoms with van der Waals surface area (Å²) in [5.41, 5.74) is 4.29. The van der Waals surface area contributed by atoms with Crippen LogP contribution in [0.2, 0.25) is 0 Å². The van der Waals surface area contributed by atoms with Gasteiger partial charge in [-0.15, -0.1) is 0 Å². The van der Waals surface area contributed by atoms with E-state index >= 15 is 0 Å². The maximum Gasteiger partial charge on any atom is 0.522 e. The van der Waals surface area contributed by atoms with Gasteiger partial charge in [-0.25, -0.2) is 4.79 Å². The topological polar surface area (TPSA) is 71.4 Å². The zero-order valence-corrected chi connectivity index (χ0v) is 20.9. The minimum Gasteiger partial charge on any atom is -0.279 e. The van der Waals surface area contributed by atoms with Crippen LogP contribution in [0, 0.1) is 5.92 Å². The number of carbonyl (C=O) groups excluding carboxylic acids is 1. The number of halogens is 3. The van der Waals surface area contributed by atoms with Crippen molar-refractivity contribution < 1.29 is 30.9 Å². The first-order valence-corrected chi connectivity index (χ1v) is 14.0. The maximum atomic E-state index is 11.8. The van der Waals surface area contributed by atoms with Gasteiger partial charge in [0.2, 0.25) is 0 Å². The molecule has 0 aromatic heterocycles. The Labute approximate surface area is 210 Å². The van der Waals surface area contributed by atoms with E-state index in [0.717, 1.165) is 37.2 Å². The summed E-state index contributed by atoms with van der Waals surface area (Å²) in [4.78, 5) is 11.8. The van der Waals surface area contributed by atoms with Crippen LogP contribution in [-0.2, 0) is 27.8 Å². The van der Waals surface area contributed by atoms with Crippen LogP contribution in [0.15, 0.2) is 42.0 Å². The summed E-state index contributed by atoms with van der Waals surface area (Å²) in [6, 6.07) is 13.6. The number of rotatable bonds is 3. The monoisotopic (exact) mass is 520 g/mol. The van der Waals surface area contributed by atoms with Crippen LogP contribution in [0.25, 0.3) is 11.1 Å². The molecule has 0 amide bonds. The van der Waals surface area contributed by atoms with Gasteiger partial charge < -0.3 is 0 Å². The lowest BCUT2D eigenvalue weighted by molar-refractivity contribution is -0.0510. The molecular weight excluding hydrogens is 489 g/mol. The van der Waals surface area contributed by atoms with Crippen molar-refractivity contribution in [1.82, 2.24) is 0 Å². The maximum absolute atomic E-state index is 11.8. The molecule has 1 atom stereocenters. The van der Waals surface area contributed by atoms with E-state index in [4.69, 9.17) is 13.0 Å². The SMILES string of the molecule is O=C=C1CCCCC1c1c(CC2CCCCC2)ccc2c1Cc1ccccc1-2.O=S(=O)(O)C(F)(F)F. The molecule has 36 heavy (non-hydrogen) atoms. The Bertz CT molecular complexity index is 1250. The Morgan fingerprint density at radius 3 is 2.25 bits per heavy atom. The molecule has 1 N–H and O–H groups in total. The zero-order chi connectivity index (χ0) is 25.9. The number of hydrogen-bond acceptors (Lipinski definition) is 3. The van der Waals surface area contributed by atoms with Crippen LogP contribution in [0.4, 0.5) is 13.2 Å². The normalized spacial score (nSPS) is 20.1. The van der Waals surface area contributed by atoms with Crippen LogP contribution in [0.3, 0.4) is 0 Å². The molecule has 2 aromatic carbocycles. The lowest BCUT2D eigenvalue weighted by Gasteiger charge is -2.30. The average molecular weight is 521 g/mol. The highest BCUT2D eigenvalue weighted by Crippen LogP contribution is 2.47. The Morgan fingerprint density at radius 1 is 0.917 bits per heavy atom. The molecule has 2 aromatic rings. The molecule has 2 fully saturated rings. The van der Waals surface area contributed by atoms with Crippen molar-refractivity contribution in [1.29, 1.82) is 0 Å². The van der Waals surface area contributed by atoms with Crippen LogP contribution >= 0.6 is 0 Å². The van der Waals surface area contributed by atoms with Gasteiger partial charge in [-0.3, -0.25) is 4.55 Å². The molecular formula is C28H31F3O4S. The summed E-state index contributed by atoms with van der Waals surface area (Å²) in [7, 11) is -5.84. The Hall–Kier alpha value is -2.41. The van der Waals surface area contributed by atoms with Crippen molar-refractivity contribution in [2.75, 3.05) is 0 Å². The predicted molar refractivity (Wildman–Crippen MR) is 133 cm³/mol. The van der Waals surface area contributed by atoms with E-state index in [2.05, 4.69) is 42.3 Å². The molecule has 8 heteroatoms. The van der Waals surface area contributed by atoms with Crippen molar-refractivity contribution >= 4 is 16.1 Å². The zero-order valence-electron chi connectivity index (χ0n) is 20.1. The van der Waals surface area contributed by atoms with E-state index in [0.29, 0.717) is 5.92 Å². The summed E-state index contributed by atoms with van der Waals surface area (Å²) < 4.78 is 57.5. The summed E-state index contributed by atoms with van der Waals surface area (Å²) in [5.74, 6) is 3.48. The molecule has 2 saturated carbocycles. The fourth-order valence-corrected chi connectivity index (χ4v) is 6.05. The standard InChI is InChI=1S/C27H30O.CHF3O3S/c28-18-22-11-5-7-13-24(22)27-21(16-19-8-2-1-3-9-19)14-15-25-23-12-6-4-10-20(23)17-26(25)27;2-1(3,4)8(5,6)7/h4,6,10,12,14-15,19,24H,1-3,5,7-9,11,13,16-17H2;(H,5,6,7). The lowest BCUT2D eigenvalue weighted by atomic mass is 9.74. The Morgan fingerprint density at radius 2 is 1.58 bits per heavy atom. The van der Waals surface area contributed by atoms with E-state index in [1.807, 2.05) is 0 Å². The smallest absolute Gasteiger partial charge is 0.279 e. The van der Waals surface area contributed by atoms with Crippen molar-refractivity contribution in [2.24, 2.45) is 5.92 Å². The van der Waals surface area contributed by atoms with E-state index in [1.54, 1.807) is 0 Å². The minimum absolute atomic E-state index is 0.300. The second-order valence-electron chi connectivity index (χ2n) is 10.1. The Balaban J connectivity index is 0.000000331. The van der Waals surface area contributed by atoms with Gasteiger partial charge in [0.15, 0.2) is 0 Å². The molecule has 0 heterocycles. The van der Waals surface area contributed by atoms with Gasteiger partial charge >= 0.3 is 15.6 Å². The van der Waals surface area contributed by atoms with Gasteiger partial charge in [-0.2, -0.15) is 21.6 Å². The number of hydrogen-bond donors (Lipinski definition) is 1. The second kappa shape index (κ2) is 10.9. The van der Waals surface area contributed by atoms with Gasteiger partial charge in [-0.05, 0) is 71.4 Å². The molecule has 3 aliphatic rings. The van der Waals surface area contributed by atoms with Crippen molar-refractivity contribution in [3.05, 3.63) is 64.2 Å². The fraction of sp³-hybridized carbons (Fsp3) is 0.500. The first kappa shape index (κ1) is 26.6. The minimum atomic E-state index is -5.84. The third-order valence-electron chi connectivity index (χ3n) is 7.74. The highest BCUT2D eigenvalue weighted by molar-refractivity contribution is 7.86. The summed E-state index contributed by atoms with van der Waals surface area (Å²) in [6.45, 7) is 0. The van der Waals surface area contributed by atoms with Gasteiger partial charge in [0.1, 0.15) is 5.94 Å². The molecule has 0 radical (unpaired) electrons. The van der Waals surface area contributed by atoms with E-state index in [-0.39, 0.29) is 0 Å². The lowest BCUT2D eigenvalue weighted by Crippen LogP contribution is -2.21. The molecule has 0 saturated heterocycles. The molecule has 5 rings (SSSR count). The number of alkyl halides is 3. The van der Waals surface area contributed by atoms with E-state index < -0.39 is 15.6 Å². The van der Waals surface area contributed by atoms with Gasteiger partial charge in [0.25, 0.3) is 0 Å². The molecule has 1 unspecified atom stereocenters. The number of benzene rings is 2. The van der Waals surface area contributed by atoms with Gasteiger partial charge in [0, 0.05) is 11.5 Å². The van der Waals surface area contributed by atoms with E-state index in [1.165, 1.54) is 78.3 Å². The van der Waals surface area contributed by atoms with Crippen LogP contribution in [-0.4, -0.2) is 24.4 Å². The largest absolute Gasteiger partial charge is 0.522 e. The molecule has 3 aliphatic carbocycles. The van der Waals surface area contributed by atoms with Gasteiger partial charge in [-0.1, -0.05) is 74.9 Å². The highest BCUT2D eigenvalue weighted by Gasteiger charge is 2.44. The van der Waals surface area contributed by atoms with Crippen LogP contribution in [0.1, 0.15) is 86.0 Å². The second-order valence-corrected chi connectivity index (χ2v) is 11.5. The molecule has 0 bridgehead atoms. The molecule has 0 spiro atoms. The average Bonchev–Trinajstić information content (AvgIpc) is 3.22. The van der Waals surface area contributed by atoms with E-state index in [9.17, 15) is 18.0 Å². The summed E-state index contributed by atoms with van der Waals surface area (Å²) in [5, 5.41) is 0. The molecule has 194 valence electrons. The number of fused-ring (bicyclic) bond motifs is 3. The van der Waals surface area contributed by atoms with Crippen molar-refractivity contribution in [2.45, 2.75) is 82.1 Å². The molecule has 4 nitrogen and oxygen atoms in total. The summed E-state index contributed by atoms with van der Waals surface area (Å²) >= 11 is 0. The summed E-state index contributed by atoms with van der Waals surface area (Å²) in [6.07, 6.45) is 13.6. The van der Waals surface area contributed by atoms with Gasteiger partial charge in [0.05, 0.1) is 0 Å². The first-order chi connectivity index (χ1) is 17.1. The quantitative estimate of drug-likeness (QED) is 0.225. The van der Waals surface area contributed by atoms with Crippen molar-refractivity contribution in [3.63, 3.8) is 0 Å².